The average Bonchev–Trinajstić information content (AvgIpc) is 3.44. The molecule has 0 radical (unpaired) electrons. The van der Waals surface area contributed by atoms with Gasteiger partial charge in [0.2, 0.25) is 6.10 Å². The van der Waals surface area contributed by atoms with Crippen LogP contribution in [0.25, 0.3) is 0 Å². The summed E-state index contributed by atoms with van der Waals surface area (Å²) in [5, 5.41) is 4.23. The molecule has 1 saturated heterocycles. The van der Waals surface area contributed by atoms with Crippen LogP contribution in [0.15, 0.2) is 84.0 Å². The summed E-state index contributed by atoms with van der Waals surface area (Å²) < 4.78 is 10.9. The molecular weight excluding hydrogens is 454 g/mol. The Labute approximate surface area is 211 Å². The molecule has 7 nitrogen and oxygen atoms in total. The average molecular weight is 486 g/mol. The van der Waals surface area contributed by atoms with Crippen molar-refractivity contribution in [1.82, 2.24) is 9.80 Å². The zero-order chi connectivity index (χ0) is 24.9. The summed E-state index contributed by atoms with van der Waals surface area (Å²) >= 11 is 0. The van der Waals surface area contributed by atoms with Crippen molar-refractivity contribution in [2.75, 3.05) is 40.4 Å². The molecule has 2 heterocycles. The molecule has 0 spiro atoms. The van der Waals surface area contributed by atoms with Gasteiger partial charge in [0.15, 0.2) is 11.5 Å². The lowest BCUT2D eigenvalue weighted by molar-refractivity contribution is -0.144. The summed E-state index contributed by atoms with van der Waals surface area (Å²) in [5.74, 6) is 1.19. The molecule has 2 aliphatic heterocycles. The van der Waals surface area contributed by atoms with Gasteiger partial charge >= 0.3 is 0 Å². The number of hydrogen-bond acceptors (Lipinski definition) is 6. The van der Waals surface area contributed by atoms with Crippen LogP contribution in [0.4, 0.5) is 0 Å². The highest BCUT2D eigenvalue weighted by atomic mass is 16.6. The topological polar surface area (TPSA) is 63.6 Å². The summed E-state index contributed by atoms with van der Waals surface area (Å²) in [6.45, 7) is 2.86. The van der Waals surface area contributed by atoms with Gasteiger partial charge in [0.05, 0.1) is 26.0 Å². The van der Waals surface area contributed by atoms with Gasteiger partial charge in [-0.25, -0.2) is 0 Å². The standard InChI is InChI=1S/C29H31N3O4/c1-34-25-15-9-14-23(28(25)35-2)24-20-26(36-30-24)29(33)32-18-16-31(17-19-32)27(21-10-5-3-6-11-21)22-12-7-4-8-13-22/h3-15,26-27H,16-20H2,1-2H3/t26-/m0/s1. The van der Waals surface area contributed by atoms with Crippen molar-refractivity contribution in [2.24, 2.45) is 5.16 Å². The van der Waals surface area contributed by atoms with Gasteiger partial charge in [-0.1, -0.05) is 71.9 Å². The maximum atomic E-state index is 13.3. The van der Waals surface area contributed by atoms with Crippen LogP contribution in [0, 0.1) is 0 Å². The van der Waals surface area contributed by atoms with E-state index >= 15 is 0 Å². The molecule has 186 valence electrons. The van der Waals surface area contributed by atoms with E-state index in [9.17, 15) is 4.79 Å². The molecule has 7 heteroatoms. The van der Waals surface area contributed by atoms with Crippen LogP contribution in [-0.4, -0.2) is 67.9 Å². The van der Waals surface area contributed by atoms with Crippen LogP contribution in [0.3, 0.4) is 0 Å². The Hall–Kier alpha value is -3.84. The van der Waals surface area contributed by atoms with Crippen LogP contribution in [0.1, 0.15) is 29.2 Å². The predicted octanol–water partition coefficient (Wildman–Crippen LogP) is 4.13. The molecule has 3 aromatic rings. The maximum absolute atomic E-state index is 13.3. The Morgan fingerprint density at radius 1 is 0.861 bits per heavy atom. The molecule has 0 bridgehead atoms. The fraction of sp³-hybridized carbons (Fsp3) is 0.310. The first-order valence-electron chi connectivity index (χ1n) is 12.3. The predicted molar refractivity (Wildman–Crippen MR) is 138 cm³/mol. The van der Waals surface area contributed by atoms with E-state index in [2.05, 4.69) is 58.6 Å². The second-order valence-electron chi connectivity index (χ2n) is 8.96. The van der Waals surface area contributed by atoms with Gasteiger partial charge in [0.25, 0.3) is 5.91 Å². The molecule has 36 heavy (non-hydrogen) atoms. The highest BCUT2D eigenvalue weighted by Crippen LogP contribution is 2.34. The van der Waals surface area contributed by atoms with E-state index in [0.29, 0.717) is 36.7 Å². The van der Waals surface area contributed by atoms with Crippen LogP contribution in [0.5, 0.6) is 11.5 Å². The van der Waals surface area contributed by atoms with Gasteiger partial charge in [0.1, 0.15) is 0 Å². The summed E-state index contributed by atoms with van der Waals surface area (Å²) in [5.41, 5.74) is 3.99. The first kappa shape index (κ1) is 23.9. The third-order valence-electron chi connectivity index (χ3n) is 6.88. The van der Waals surface area contributed by atoms with Gasteiger partial charge in [-0.3, -0.25) is 9.69 Å². The number of oxime groups is 1. The minimum Gasteiger partial charge on any atom is -0.493 e. The summed E-state index contributed by atoms with van der Waals surface area (Å²) in [4.78, 5) is 23.3. The summed E-state index contributed by atoms with van der Waals surface area (Å²) in [6, 6.07) is 26.9. The second kappa shape index (κ2) is 10.8. The minimum absolute atomic E-state index is 0.0220. The van der Waals surface area contributed by atoms with E-state index in [1.807, 2.05) is 35.2 Å². The van der Waals surface area contributed by atoms with Crippen molar-refractivity contribution < 1.29 is 19.1 Å². The first-order valence-corrected chi connectivity index (χ1v) is 12.3. The Kier molecular flexibility index (Phi) is 7.18. The van der Waals surface area contributed by atoms with Crippen molar-refractivity contribution in [2.45, 2.75) is 18.6 Å². The zero-order valence-electron chi connectivity index (χ0n) is 20.7. The largest absolute Gasteiger partial charge is 0.493 e. The number of ether oxygens (including phenoxy) is 2. The fourth-order valence-electron chi connectivity index (χ4n) is 5.07. The van der Waals surface area contributed by atoms with Crippen LogP contribution >= 0.6 is 0 Å². The number of methoxy groups -OCH3 is 2. The fourth-order valence-corrected chi connectivity index (χ4v) is 5.07. The van der Waals surface area contributed by atoms with E-state index in [1.54, 1.807) is 14.2 Å². The number of hydrogen-bond donors (Lipinski definition) is 0. The number of carbonyl (C=O) groups is 1. The van der Waals surface area contributed by atoms with Crippen molar-refractivity contribution in [3.05, 3.63) is 95.6 Å². The van der Waals surface area contributed by atoms with E-state index in [4.69, 9.17) is 14.3 Å². The Bertz CT molecular complexity index is 1170. The van der Waals surface area contributed by atoms with Gasteiger partial charge in [-0.15, -0.1) is 0 Å². The number of rotatable bonds is 7. The number of benzene rings is 3. The lowest BCUT2D eigenvalue weighted by atomic mass is 9.96. The molecule has 0 N–H and O–H groups in total. The molecule has 0 unspecified atom stereocenters. The highest BCUT2D eigenvalue weighted by molar-refractivity contribution is 6.06. The third kappa shape index (κ3) is 4.79. The molecular formula is C29H31N3O4. The van der Waals surface area contributed by atoms with Crippen molar-refractivity contribution in [1.29, 1.82) is 0 Å². The molecule has 2 aliphatic rings. The molecule has 3 aromatic carbocycles. The van der Waals surface area contributed by atoms with Crippen LogP contribution in [0.2, 0.25) is 0 Å². The third-order valence-corrected chi connectivity index (χ3v) is 6.88. The minimum atomic E-state index is -0.624. The van der Waals surface area contributed by atoms with Crippen molar-refractivity contribution in [3.63, 3.8) is 0 Å². The Morgan fingerprint density at radius 3 is 2.08 bits per heavy atom. The molecule has 0 aliphatic carbocycles. The van der Waals surface area contributed by atoms with E-state index in [1.165, 1.54) is 11.1 Å². The van der Waals surface area contributed by atoms with E-state index in [-0.39, 0.29) is 11.9 Å². The van der Waals surface area contributed by atoms with E-state index in [0.717, 1.165) is 18.7 Å². The molecule has 5 rings (SSSR count). The van der Waals surface area contributed by atoms with Crippen LogP contribution in [-0.2, 0) is 9.63 Å². The van der Waals surface area contributed by atoms with Crippen molar-refractivity contribution in [3.8, 4) is 11.5 Å². The molecule has 1 fully saturated rings. The first-order chi connectivity index (χ1) is 17.7. The monoisotopic (exact) mass is 485 g/mol. The second-order valence-corrected chi connectivity index (χ2v) is 8.96. The van der Waals surface area contributed by atoms with Crippen molar-refractivity contribution >= 4 is 11.6 Å². The number of para-hydroxylation sites is 1. The van der Waals surface area contributed by atoms with Gasteiger partial charge < -0.3 is 19.2 Å². The number of carbonyl (C=O) groups excluding carboxylic acids is 1. The smallest absolute Gasteiger partial charge is 0.266 e. The molecule has 1 amide bonds. The summed E-state index contributed by atoms with van der Waals surface area (Å²) in [7, 11) is 3.19. The summed E-state index contributed by atoms with van der Waals surface area (Å²) in [6.07, 6.45) is -0.222. The maximum Gasteiger partial charge on any atom is 0.266 e. The number of nitrogens with zero attached hydrogens (tertiary/aromatic N) is 3. The highest BCUT2D eigenvalue weighted by Gasteiger charge is 2.36. The number of amides is 1. The SMILES string of the molecule is COc1cccc(C2=NO[C@H](C(=O)N3CCN(C(c4ccccc4)c4ccccc4)CC3)C2)c1OC. The van der Waals surface area contributed by atoms with E-state index < -0.39 is 6.10 Å². The van der Waals surface area contributed by atoms with Crippen LogP contribution < -0.4 is 9.47 Å². The van der Waals surface area contributed by atoms with Gasteiger partial charge in [0, 0.05) is 38.2 Å². The Morgan fingerprint density at radius 2 is 1.50 bits per heavy atom. The van der Waals surface area contributed by atoms with Gasteiger partial charge in [-0.05, 0) is 23.3 Å². The van der Waals surface area contributed by atoms with Gasteiger partial charge in [-0.2, -0.15) is 0 Å². The molecule has 0 saturated carbocycles. The lowest BCUT2D eigenvalue weighted by Crippen LogP contribution is -2.52. The molecule has 1 atom stereocenters. The normalized spacial score (nSPS) is 18.0. The Balaban J connectivity index is 1.24. The quantitative estimate of drug-likeness (QED) is 0.504. The molecule has 0 aromatic heterocycles. The number of piperazine rings is 1. The lowest BCUT2D eigenvalue weighted by Gasteiger charge is -2.40. The zero-order valence-corrected chi connectivity index (χ0v) is 20.7.